The summed E-state index contributed by atoms with van der Waals surface area (Å²) >= 11 is 0. The van der Waals surface area contributed by atoms with E-state index in [1.807, 2.05) is 12.1 Å². The van der Waals surface area contributed by atoms with Gasteiger partial charge < -0.3 is 14.8 Å². The van der Waals surface area contributed by atoms with Crippen molar-refractivity contribution in [3.63, 3.8) is 0 Å². The number of aryl methyl sites for hydroxylation is 1. The predicted molar refractivity (Wildman–Crippen MR) is 214 cm³/mol. The van der Waals surface area contributed by atoms with Crippen LogP contribution in [0.4, 0.5) is 15.8 Å². The Kier molecular flexibility index (Phi) is 8.22. The monoisotopic (exact) mass is 781 g/mol. The number of hydrogen-bond acceptors (Lipinski definition) is 9. The topological polar surface area (TPSA) is 150 Å². The molecule has 11 rings (SSSR count). The van der Waals surface area contributed by atoms with Crippen molar-refractivity contribution < 1.29 is 28.4 Å². The lowest BCUT2D eigenvalue weighted by Crippen LogP contribution is -2.69. The quantitative estimate of drug-likeness (QED) is 0.252. The fourth-order valence-electron chi connectivity index (χ4n) is 10.8. The Balaban J connectivity index is 0.806. The molecule has 3 unspecified atom stereocenters. The number of amides is 4. The van der Waals surface area contributed by atoms with E-state index < -0.39 is 40.9 Å². The van der Waals surface area contributed by atoms with Crippen LogP contribution < -0.4 is 15.1 Å². The number of H-pyrrole nitrogens is 1. The highest BCUT2D eigenvalue weighted by Crippen LogP contribution is 2.47. The third-order valence-electron chi connectivity index (χ3n) is 13.8. The van der Waals surface area contributed by atoms with Crippen LogP contribution in [0.3, 0.4) is 0 Å². The number of fused-ring (bicyclic) bond motifs is 7. The molecule has 12 nitrogen and oxygen atoms in total. The van der Waals surface area contributed by atoms with Crippen molar-refractivity contribution in [3.05, 3.63) is 92.9 Å². The van der Waals surface area contributed by atoms with E-state index >= 15 is 4.39 Å². The van der Waals surface area contributed by atoms with Gasteiger partial charge in [-0.1, -0.05) is 26.8 Å². The Hall–Kier alpha value is -5.87. The molecule has 58 heavy (non-hydrogen) atoms. The molecular weight excluding hydrogens is 738 g/mol. The minimum absolute atomic E-state index is 0.0212. The zero-order chi connectivity index (χ0) is 40.4. The van der Waals surface area contributed by atoms with E-state index in [0.29, 0.717) is 22.7 Å². The second-order valence-corrected chi connectivity index (χ2v) is 17.5. The number of imide groups is 2. The number of hydrogen-bond donors (Lipinski definition) is 2. The number of benzene rings is 3. The normalized spacial score (nSPS) is 24.1. The van der Waals surface area contributed by atoms with Crippen molar-refractivity contribution in [1.82, 2.24) is 20.1 Å². The Morgan fingerprint density at radius 1 is 0.897 bits per heavy atom. The van der Waals surface area contributed by atoms with Gasteiger partial charge in [0.05, 0.1) is 34.0 Å². The number of aromatic amines is 1. The van der Waals surface area contributed by atoms with Gasteiger partial charge in [0.2, 0.25) is 11.8 Å². The molecule has 0 radical (unpaired) electrons. The number of anilines is 2. The van der Waals surface area contributed by atoms with E-state index in [1.165, 1.54) is 17.3 Å². The highest BCUT2D eigenvalue weighted by Gasteiger charge is 2.49. The molecule has 3 aromatic carbocycles. The Morgan fingerprint density at radius 3 is 2.31 bits per heavy atom. The van der Waals surface area contributed by atoms with Crippen LogP contribution in [0.1, 0.15) is 112 Å². The Labute approximate surface area is 334 Å². The van der Waals surface area contributed by atoms with E-state index in [0.717, 1.165) is 97.1 Å². The average Bonchev–Trinajstić information content (AvgIpc) is 3.71. The maximum absolute atomic E-state index is 15.7. The second-order valence-electron chi connectivity index (χ2n) is 17.5. The van der Waals surface area contributed by atoms with Crippen molar-refractivity contribution in [1.29, 1.82) is 5.26 Å². The highest BCUT2D eigenvalue weighted by atomic mass is 19.1. The van der Waals surface area contributed by atoms with Gasteiger partial charge >= 0.3 is 0 Å². The van der Waals surface area contributed by atoms with E-state index in [4.69, 9.17) is 0 Å². The molecule has 296 valence electrons. The van der Waals surface area contributed by atoms with Crippen molar-refractivity contribution in [2.45, 2.75) is 82.8 Å². The van der Waals surface area contributed by atoms with Crippen molar-refractivity contribution >= 4 is 51.7 Å². The number of halogens is 1. The first kappa shape index (κ1) is 36.5. The van der Waals surface area contributed by atoms with E-state index in [9.17, 15) is 29.2 Å². The highest BCUT2D eigenvalue weighted by molar-refractivity contribution is 6.24. The summed E-state index contributed by atoms with van der Waals surface area (Å²) in [6, 6.07) is 13.7. The van der Waals surface area contributed by atoms with Gasteiger partial charge in [-0.3, -0.25) is 39.1 Å². The number of aromatic nitrogens is 1. The molecule has 4 aromatic rings. The average molecular weight is 782 g/mol. The number of piperidine rings is 3. The molecule has 1 aliphatic carbocycles. The smallest absolute Gasteiger partial charge is 0.262 e. The molecule has 5 fully saturated rings. The van der Waals surface area contributed by atoms with Crippen LogP contribution in [0, 0.1) is 23.1 Å². The first-order valence-corrected chi connectivity index (χ1v) is 20.4. The molecule has 1 aromatic heterocycles. The van der Waals surface area contributed by atoms with E-state index in [2.05, 4.69) is 64.0 Å². The summed E-state index contributed by atoms with van der Waals surface area (Å²) in [5.74, 6) is -2.50. The van der Waals surface area contributed by atoms with Crippen LogP contribution in [0.2, 0.25) is 0 Å². The van der Waals surface area contributed by atoms with Gasteiger partial charge in [0.1, 0.15) is 11.9 Å². The first-order valence-electron chi connectivity index (χ1n) is 20.4. The molecule has 6 aliphatic heterocycles. The summed E-state index contributed by atoms with van der Waals surface area (Å²) in [4.78, 5) is 76.4. The molecule has 5 saturated heterocycles. The number of rotatable bonds is 6. The lowest BCUT2D eigenvalue weighted by atomic mass is 9.70. The van der Waals surface area contributed by atoms with E-state index in [-0.39, 0.29) is 41.8 Å². The number of nitrogens with one attached hydrogen (secondary N) is 2. The number of nitrogens with zero attached hydrogens (tertiary/aromatic N) is 5. The van der Waals surface area contributed by atoms with E-state index in [1.54, 1.807) is 6.07 Å². The summed E-state index contributed by atoms with van der Waals surface area (Å²) < 4.78 is 15.7. The molecule has 7 heterocycles. The van der Waals surface area contributed by atoms with Crippen molar-refractivity contribution in [2.24, 2.45) is 5.92 Å². The lowest BCUT2D eigenvalue weighted by molar-refractivity contribution is -0.136. The largest absolute Gasteiger partial charge is 0.371 e. The van der Waals surface area contributed by atoms with Gasteiger partial charge in [-0.2, -0.15) is 5.26 Å². The minimum atomic E-state index is -1.10. The van der Waals surface area contributed by atoms with Gasteiger partial charge in [0.15, 0.2) is 5.78 Å². The van der Waals surface area contributed by atoms with Crippen LogP contribution in [0.25, 0.3) is 10.9 Å². The van der Waals surface area contributed by atoms with Gasteiger partial charge in [-0.25, -0.2) is 4.39 Å². The van der Waals surface area contributed by atoms with Gasteiger partial charge in [-0.15, -0.1) is 0 Å². The zero-order valence-corrected chi connectivity index (χ0v) is 32.8. The number of ketones is 1. The second kappa shape index (κ2) is 13.1. The molecule has 3 atom stereocenters. The predicted octanol–water partition coefficient (Wildman–Crippen LogP) is 5.19. The minimum Gasteiger partial charge on any atom is -0.371 e. The lowest BCUT2D eigenvalue weighted by Gasteiger charge is -2.58. The fourth-order valence-corrected chi connectivity index (χ4v) is 10.8. The fraction of sp³-hybridized carbons (Fsp3) is 0.422. The molecular formula is C45H44FN7O5. The molecule has 2 N–H and O–H groups in total. The molecule has 0 spiro atoms. The van der Waals surface area contributed by atoms with Gasteiger partial charge in [0.25, 0.3) is 11.8 Å². The SMILES string of the molecule is CCc1cc2c(cc1N1CCC(CN3CC4CC(C3)N4c3cc4c(cc3F)C(=O)N(C3CCC(=O)NC3=O)C4=O)CC1)C(C)(C)c1[nH]c3cc(C#N)ccc3c1C2=O. The Morgan fingerprint density at radius 2 is 1.62 bits per heavy atom. The maximum atomic E-state index is 15.7. The standard InChI is InChI=1S/C45H44FN7O5/c1-4-25-14-31-32(45(2,3)41-39(40(31)55)28-6-5-24(19-47)13-34(28)48-41)18-36(25)51-11-9-23(10-12-51)20-50-21-26-15-27(22-50)52(26)37-17-30-29(16-33(37)46)43(57)53(44(30)58)35-7-8-38(54)49-42(35)56/h5-6,13-14,16-18,23,26-27,35,48H,4,7-12,15,20-22H2,1-3H3,(H,49,54,56). The molecule has 13 heteroatoms. The van der Waals surface area contributed by atoms with Crippen LogP contribution in [0.15, 0.2) is 42.5 Å². The summed E-state index contributed by atoms with van der Waals surface area (Å²) in [6.45, 7) is 10.8. The van der Waals surface area contributed by atoms with Crippen LogP contribution in [-0.4, -0.2) is 95.0 Å². The zero-order valence-electron chi connectivity index (χ0n) is 32.8. The van der Waals surface area contributed by atoms with Crippen LogP contribution in [0.5, 0.6) is 0 Å². The van der Waals surface area contributed by atoms with Crippen molar-refractivity contribution in [2.75, 3.05) is 42.5 Å². The summed E-state index contributed by atoms with van der Waals surface area (Å²) in [5, 5.41) is 12.5. The number of carbonyl (C=O) groups excluding carboxylic acids is 5. The number of piperazine rings is 1. The molecule has 0 saturated carbocycles. The van der Waals surface area contributed by atoms with Crippen LogP contribution >= 0.6 is 0 Å². The summed E-state index contributed by atoms with van der Waals surface area (Å²) in [5.41, 5.74) is 7.00. The summed E-state index contributed by atoms with van der Waals surface area (Å²) in [6.07, 6.45) is 3.87. The number of carbonyl (C=O) groups is 5. The Bertz CT molecular complexity index is 2550. The first-order chi connectivity index (χ1) is 27.9. The molecule has 7 aliphatic rings. The summed E-state index contributed by atoms with van der Waals surface area (Å²) in [7, 11) is 0. The van der Waals surface area contributed by atoms with Gasteiger partial charge in [-0.05, 0) is 85.5 Å². The van der Waals surface area contributed by atoms with Crippen molar-refractivity contribution in [3.8, 4) is 6.07 Å². The third kappa shape index (κ3) is 5.37. The molecule has 2 bridgehead atoms. The maximum Gasteiger partial charge on any atom is 0.262 e. The third-order valence-corrected chi connectivity index (χ3v) is 13.8. The number of nitriles is 1. The van der Waals surface area contributed by atoms with Gasteiger partial charge in [0, 0.05) is 84.5 Å². The van der Waals surface area contributed by atoms with Crippen LogP contribution in [-0.2, 0) is 21.4 Å². The molecule has 4 amide bonds.